The van der Waals surface area contributed by atoms with E-state index in [0.717, 1.165) is 6.42 Å². The molecular formula is C18H25ClFN3O3. The highest BCUT2D eigenvalue weighted by molar-refractivity contribution is 5.94. The van der Waals surface area contributed by atoms with Crippen molar-refractivity contribution in [3.63, 3.8) is 0 Å². The lowest BCUT2D eigenvalue weighted by atomic mass is 10.0. The zero-order valence-electron chi connectivity index (χ0n) is 14.5. The Morgan fingerprint density at radius 1 is 1.19 bits per heavy atom. The summed E-state index contributed by atoms with van der Waals surface area (Å²) in [5.74, 6) is -0.904. The van der Waals surface area contributed by atoms with Crippen LogP contribution in [-0.2, 0) is 9.53 Å². The van der Waals surface area contributed by atoms with Gasteiger partial charge in [0, 0.05) is 25.7 Å². The molecule has 2 aliphatic heterocycles. The van der Waals surface area contributed by atoms with Crippen LogP contribution in [0.5, 0.6) is 0 Å². The van der Waals surface area contributed by atoms with Crippen LogP contribution in [0, 0.1) is 5.82 Å². The van der Waals surface area contributed by atoms with Crippen molar-refractivity contribution >= 4 is 24.2 Å². The molecular weight excluding hydrogens is 361 g/mol. The molecule has 2 aliphatic rings. The number of rotatable bonds is 4. The second-order valence-electron chi connectivity index (χ2n) is 6.61. The Balaban J connectivity index is 0.00000243. The molecule has 1 aromatic carbocycles. The van der Waals surface area contributed by atoms with Crippen LogP contribution in [0.1, 0.15) is 36.0 Å². The number of amides is 2. The number of halogens is 2. The number of nitrogens with one attached hydrogen (secondary N) is 1. The zero-order chi connectivity index (χ0) is 17.8. The topological polar surface area (TPSA) is 84.7 Å². The first-order valence-electron chi connectivity index (χ1n) is 8.78. The van der Waals surface area contributed by atoms with E-state index in [0.29, 0.717) is 38.9 Å². The molecule has 6 nitrogen and oxygen atoms in total. The third-order valence-corrected chi connectivity index (χ3v) is 4.90. The minimum absolute atomic E-state index is 0. The predicted molar refractivity (Wildman–Crippen MR) is 97.7 cm³/mol. The SMILES string of the molecule is Cl.NC[C@H]1CC[C@@H](C(=O)NC2CCN(C(=O)c3ccccc3F)CC2)O1. The molecule has 0 spiro atoms. The van der Waals surface area contributed by atoms with Gasteiger partial charge >= 0.3 is 0 Å². The van der Waals surface area contributed by atoms with E-state index >= 15 is 0 Å². The number of ether oxygens (including phenoxy) is 1. The molecule has 0 radical (unpaired) electrons. The first-order valence-corrected chi connectivity index (χ1v) is 8.78. The second-order valence-corrected chi connectivity index (χ2v) is 6.61. The maximum Gasteiger partial charge on any atom is 0.256 e. The summed E-state index contributed by atoms with van der Waals surface area (Å²) in [5, 5.41) is 3.00. The molecule has 2 fully saturated rings. The van der Waals surface area contributed by atoms with Crippen molar-refractivity contribution in [3.05, 3.63) is 35.6 Å². The van der Waals surface area contributed by atoms with Gasteiger partial charge in [-0.2, -0.15) is 0 Å². The molecule has 8 heteroatoms. The zero-order valence-corrected chi connectivity index (χ0v) is 15.3. The number of nitrogens with zero attached hydrogens (tertiary/aromatic N) is 1. The Morgan fingerprint density at radius 3 is 2.50 bits per heavy atom. The van der Waals surface area contributed by atoms with E-state index in [4.69, 9.17) is 10.5 Å². The summed E-state index contributed by atoms with van der Waals surface area (Å²) >= 11 is 0. The Hall–Kier alpha value is -1.70. The first-order chi connectivity index (χ1) is 12.1. The predicted octanol–water partition coefficient (Wildman–Crippen LogP) is 1.47. The van der Waals surface area contributed by atoms with Crippen LogP contribution in [0.15, 0.2) is 24.3 Å². The second kappa shape index (κ2) is 9.30. The van der Waals surface area contributed by atoms with Crippen LogP contribution in [-0.4, -0.2) is 54.6 Å². The van der Waals surface area contributed by atoms with Crippen molar-refractivity contribution in [1.29, 1.82) is 0 Å². The fourth-order valence-electron chi connectivity index (χ4n) is 3.40. The highest BCUT2D eigenvalue weighted by Gasteiger charge is 2.32. The molecule has 144 valence electrons. The summed E-state index contributed by atoms with van der Waals surface area (Å²) in [6, 6.07) is 6.01. The van der Waals surface area contributed by atoms with Gasteiger partial charge in [-0.1, -0.05) is 12.1 Å². The molecule has 0 saturated carbocycles. The fourth-order valence-corrected chi connectivity index (χ4v) is 3.40. The normalized spacial score (nSPS) is 23.4. The van der Waals surface area contributed by atoms with Crippen molar-refractivity contribution in [3.8, 4) is 0 Å². The number of carbonyl (C=O) groups excluding carboxylic acids is 2. The smallest absolute Gasteiger partial charge is 0.256 e. The van der Waals surface area contributed by atoms with E-state index < -0.39 is 11.9 Å². The monoisotopic (exact) mass is 385 g/mol. The third-order valence-electron chi connectivity index (χ3n) is 4.90. The van der Waals surface area contributed by atoms with E-state index in [2.05, 4.69) is 5.32 Å². The lowest BCUT2D eigenvalue weighted by Crippen LogP contribution is -2.49. The minimum atomic E-state index is -0.504. The van der Waals surface area contributed by atoms with E-state index in [9.17, 15) is 14.0 Å². The molecule has 1 aromatic rings. The maximum atomic E-state index is 13.7. The number of likely N-dealkylation sites (tertiary alicyclic amines) is 1. The number of hydrogen-bond acceptors (Lipinski definition) is 4. The van der Waals surface area contributed by atoms with E-state index in [-0.39, 0.29) is 41.9 Å². The molecule has 0 unspecified atom stereocenters. The van der Waals surface area contributed by atoms with Crippen LogP contribution < -0.4 is 11.1 Å². The standard InChI is InChI=1S/C18H24FN3O3.ClH/c19-15-4-2-1-3-14(15)18(24)22-9-7-12(8-10-22)21-17(23)16-6-5-13(11-20)25-16;/h1-4,12-13,16H,5-11,20H2,(H,21,23);1H/t13-,16+;/m1./s1. The fraction of sp³-hybridized carbons (Fsp3) is 0.556. The highest BCUT2D eigenvalue weighted by atomic mass is 35.5. The van der Waals surface area contributed by atoms with Gasteiger partial charge in [-0.15, -0.1) is 12.4 Å². The average molecular weight is 386 g/mol. The third kappa shape index (κ3) is 4.72. The Labute approximate surface area is 158 Å². The quantitative estimate of drug-likeness (QED) is 0.822. The van der Waals surface area contributed by atoms with Gasteiger partial charge in [-0.3, -0.25) is 9.59 Å². The summed E-state index contributed by atoms with van der Waals surface area (Å²) < 4.78 is 19.4. The number of nitrogens with two attached hydrogens (primary N) is 1. The van der Waals surface area contributed by atoms with Crippen LogP contribution in [0.2, 0.25) is 0 Å². The maximum absolute atomic E-state index is 13.7. The van der Waals surface area contributed by atoms with Gasteiger partial charge in [-0.05, 0) is 37.8 Å². The molecule has 0 aromatic heterocycles. The van der Waals surface area contributed by atoms with E-state index in [1.54, 1.807) is 17.0 Å². The van der Waals surface area contributed by atoms with Gasteiger partial charge in [0.25, 0.3) is 5.91 Å². The molecule has 2 heterocycles. The van der Waals surface area contributed by atoms with Crippen molar-refractivity contribution < 1.29 is 18.7 Å². The van der Waals surface area contributed by atoms with Gasteiger partial charge in [0.15, 0.2) is 0 Å². The summed E-state index contributed by atoms with van der Waals surface area (Å²) in [7, 11) is 0. The van der Waals surface area contributed by atoms with Gasteiger partial charge in [0.05, 0.1) is 11.7 Å². The van der Waals surface area contributed by atoms with Gasteiger partial charge in [0.1, 0.15) is 11.9 Å². The largest absolute Gasteiger partial charge is 0.364 e. The summed E-state index contributed by atoms with van der Waals surface area (Å²) in [6.07, 6.45) is 2.35. The number of benzene rings is 1. The van der Waals surface area contributed by atoms with Crippen molar-refractivity contribution in [1.82, 2.24) is 10.2 Å². The summed E-state index contributed by atoms with van der Waals surface area (Å²) in [5.41, 5.74) is 5.66. The number of hydrogen-bond donors (Lipinski definition) is 2. The Morgan fingerprint density at radius 2 is 1.88 bits per heavy atom. The minimum Gasteiger partial charge on any atom is -0.364 e. The lowest BCUT2D eigenvalue weighted by molar-refractivity contribution is -0.132. The summed E-state index contributed by atoms with van der Waals surface area (Å²) in [4.78, 5) is 26.3. The van der Waals surface area contributed by atoms with Gasteiger partial charge < -0.3 is 20.7 Å². The molecule has 0 aliphatic carbocycles. The van der Waals surface area contributed by atoms with E-state index in [1.165, 1.54) is 12.1 Å². The van der Waals surface area contributed by atoms with Crippen molar-refractivity contribution in [2.45, 2.75) is 43.9 Å². The van der Waals surface area contributed by atoms with Gasteiger partial charge in [-0.25, -0.2) is 4.39 Å². The van der Waals surface area contributed by atoms with E-state index in [1.807, 2.05) is 0 Å². The molecule has 2 saturated heterocycles. The Kier molecular flexibility index (Phi) is 7.37. The number of piperidine rings is 1. The molecule has 0 bridgehead atoms. The molecule has 2 amide bonds. The first kappa shape index (κ1) is 20.6. The molecule has 2 atom stereocenters. The number of carbonyl (C=O) groups is 2. The Bertz CT molecular complexity index is 638. The lowest BCUT2D eigenvalue weighted by Gasteiger charge is -2.33. The highest BCUT2D eigenvalue weighted by Crippen LogP contribution is 2.20. The summed E-state index contributed by atoms with van der Waals surface area (Å²) in [6.45, 7) is 1.42. The van der Waals surface area contributed by atoms with Crippen LogP contribution in [0.3, 0.4) is 0 Å². The van der Waals surface area contributed by atoms with Crippen molar-refractivity contribution in [2.24, 2.45) is 5.73 Å². The van der Waals surface area contributed by atoms with Crippen LogP contribution >= 0.6 is 12.4 Å². The molecule has 3 N–H and O–H groups in total. The van der Waals surface area contributed by atoms with Gasteiger partial charge in [0.2, 0.25) is 5.91 Å². The molecule has 26 heavy (non-hydrogen) atoms. The average Bonchev–Trinajstić information content (AvgIpc) is 3.11. The van der Waals surface area contributed by atoms with Crippen molar-refractivity contribution in [2.75, 3.05) is 19.6 Å². The molecule has 3 rings (SSSR count). The van der Waals surface area contributed by atoms with Crippen LogP contribution in [0.25, 0.3) is 0 Å². The van der Waals surface area contributed by atoms with Crippen LogP contribution in [0.4, 0.5) is 4.39 Å².